The SMILES string of the molecule is C=C(Cl)COC(=O)[C@@H]1[C@H](C(=O)O)[C@H]2C=C[C@@H]1C2. The van der Waals surface area contributed by atoms with Gasteiger partial charge in [0.2, 0.25) is 0 Å². The molecule has 5 heteroatoms. The van der Waals surface area contributed by atoms with Crippen LogP contribution in [-0.4, -0.2) is 23.7 Å². The van der Waals surface area contributed by atoms with Gasteiger partial charge in [-0.1, -0.05) is 30.3 Å². The molecule has 1 fully saturated rings. The molecule has 1 N–H and O–H groups in total. The summed E-state index contributed by atoms with van der Waals surface area (Å²) in [6, 6.07) is 0. The van der Waals surface area contributed by atoms with Gasteiger partial charge in [0.15, 0.2) is 0 Å². The van der Waals surface area contributed by atoms with Crippen LogP contribution in [0.25, 0.3) is 0 Å². The van der Waals surface area contributed by atoms with E-state index < -0.39 is 23.8 Å². The van der Waals surface area contributed by atoms with E-state index in [4.69, 9.17) is 21.4 Å². The first-order valence-electron chi connectivity index (χ1n) is 5.41. The smallest absolute Gasteiger partial charge is 0.310 e. The van der Waals surface area contributed by atoms with E-state index in [-0.39, 0.29) is 23.5 Å². The van der Waals surface area contributed by atoms with Crippen LogP contribution in [0.15, 0.2) is 23.8 Å². The lowest BCUT2D eigenvalue weighted by molar-refractivity contribution is -0.157. The van der Waals surface area contributed by atoms with Crippen molar-refractivity contribution >= 4 is 23.5 Å². The van der Waals surface area contributed by atoms with Crippen LogP contribution in [0.2, 0.25) is 0 Å². The largest absolute Gasteiger partial charge is 0.481 e. The zero-order valence-electron chi connectivity index (χ0n) is 9.14. The molecule has 0 spiro atoms. The van der Waals surface area contributed by atoms with Crippen molar-refractivity contribution in [3.8, 4) is 0 Å². The highest BCUT2D eigenvalue weighted by Crippen LogP contribution is 2.48. The number of halogens is 1. The summed E-state index contributed by atoms with van der Waals surface area (Å²) in [7, 11) is 0. The van der Waals surface area contributed by atoms with Gasteiger partial charge in [0.1, 0.15) is 6.61 Å². The van der Waals surface area contributed by atoms with Gasteiger partial charge in [0.05, 0.1) is 11.8 Å². The number of carbonyl (C=O) groups is 2. The van der Waals surface area contributed by atoms with Crippen molar-refractivity contribution in [2.75, 3.05) is 6.61 Å². The Hall–Kier alpha value is -1.29. The van der Waals surface area contributed by atoms with Gasteiger partial charge in [-0.3, -0.25) is 9.59 Å². The lowest BCUT2D eigenvalue weighted by Gasteiger charge is -2.22. The molecular weight excluding hydrogens is 244 g/mol. The molecule has 2 aliphatic carbocycles. The molecule has 92 valence electrons. The third-order valence-electron chi connectivity index (χ3n) is 3.39. The summed E-state index contributed by atoms with van der Waals surface area (Å²) >= 11 is 5.50. The summed E-state index contributed by atoms with van der Waals surface area (Å²) in [5.41, 5.74) is 0. The summed E-state index contributed by atoms with van der Waals surface area (Å²) < 4.78 is 4.95. The number of carbonyl (C=O) groups excluding carboxylic acids is 1. The molecule has 0 aliphatic heterocycles. The molecule has 0 aromatic carbocycles. The van der Waals surface area contributed by atoms with Crippen LogP contribution in [0.1, 0.15) is 6.42 Å². The molecular formula is C12H13ClO4. The number of ether oxygens (including phenoxy) is 1. The van der Waals surface area contributed by atoms with E-state index in [9.17, 15) is 9.59 Å². The molecule has 0 saturated heterocycles. The Bertz CT molecular complexity index is 401. The molecule has 0 radical (unpaired) electrons. The highest BCUT2D eigenvalue weighted by atomic mass is 35.5. The average molecular weight is 257 g/mol. The van der Waals surface area contributed by atoms with Crippen molar-refractivity contribution in [3.63, 3.8) is 0 Å². The van der Waals surface area contributed by atoms with E-state index in [1.54, 1.807) is 0 Å². The molecule has 0 aromatic rings. The maximum absolute atomic E-state index is 11.8. The Morgan fingerprint density at radius 2 is 1.94 bits per heavy atom. The number of hydrogen-bond donors (Lipinski definition) is 1. The maximum atomic E-state index is 11.8. The Labute approximate surface area is 104 Å². The van der Waals surface area contributed by atoms with Crippen LogP contribution in [0.5, 0.6) is 0 Å². The third kappa shape index (κ3) is 2.22. The van der Waals surface area contributed by atoms with Gasteiger partial charge >= 0.3 is 11.9 Å². The summed E-state index contributed by atoms with van der Waals surface area (Å²) in [5.74, 6) is -2.74. The fourth-order valence-electron chi connectivity index (χ4n) is 2.73. The van der Waals surface area contributed by atoms with Crippen LogP contribution in [0, 0.1) is 23.7 Å². The normalized spacial score (nSPS) is 33.7. The van der Waals surface area contributed by atoms with Gasteiger partial charge in [-0.05, 0) is 18.3 Å². The van der Waals surface area contributed by atoms with Gasteiger partial charge < -0.3 is 9.84 Å². The van der Waals surface area contributed by atoms with Gasteiger partial charge in [0.25, 0.3) is 0 Å². The van der Waals surface area contributed by atoms with E-state index in [1.807, 2.05) is 12.2 Å². The van der Waals surface area contributed by atoms with Crippen LogP contribution in [-0.2, 0) is 14.3 Å². The molecule has 2 bridgehead atoms. The monoisotopic (exact) mass is 256 g/mol. The zero-order chi connectivity index (χ0) is 12.6. The first-order chi connectivity index (χ1) is 8.00. The molecule has 17 heavy (non-hydrogen) atoms. The van der Waals surface area contributed by atoms with Crippen LogP contribution >= 0.6 is 11.6 Å². The minimum absolute atomic E-state index is 0.0165. The maximum Gasteiger partial charge on any atom is 0.310 e. The highest BCUT2D eigenvalue weighted by Gasteiger charge is 2.52. The van der Waals surface area contributed by atoms with Crippen molar-refractivity contribution in [1.29, 1.82) is 0 Å². The average Bonchev–Trinajstić information content (AvgIpc) is 2.84. The second-order valence-electron chi connectivity index (χ2n) is 4.46. The molecule has 2 rings (SSSR count). The third-order valence-corrected chi connectivity index (χ3v) is 3.50. The van der Waals surface area contributed by atoms with E-state index in [2.05, 4.69) is 6.58 Å². The minimum atomic E-state index is -0.937. The van der Waals surface area contributed by atoms with Crippen molar-refractivity contribution in [2.24, 2.45) is 23.7 Å². The fraction of sp³-hybridized carbons (Fsp3) is 0.500. The van der Waals surface area contributed by atoms with E-state index in [0.717, 1.165) is 6.42 Å². The Kier molecular flexibility index (Phi) is 3.24. The summed E-state index contributed by atoms with van der Waals surface area (Å²) in [4.78, 5) is 23.0. The number of allylic oxidation sites excluding steroid dienone is 2. The van der Waals surface area contributed by atoms with Crippen molar-refractivity contribution in [1.82, 2.24) is 0 Å². The van der Waals surface area contributed by atoms with Crippen LogP contribution in [0.3, 0.4) is 0 Å². The molecule has 0 amide bonds. The molecule has 0 unspecified atom stereocenters. The van der Waals surface area contributed by atoms with Gasteiger partial charge in [0, 0.05) is 5.03 Å². The summed E-state index contributed by atoms with van der Waals surface area (Å²) in [6.45, 7) is 3.35. The van der Waals surface area contributed by atoms with E-state index >= 15 is 0 Å². The number of esters is 1. The number of fused-ring (bicyclic) bond motifs is 2. The Morgan fingerprint density at radius 3 is 2.47 bits per heavy atom. The lowest BCUT2D eigenvalue weighted by Crippen LogP contribution is -2.34. The number of rotatable bonds is 4. The lowest BCUT2D eigenvalue weighted by atomic mass is 9.83. The molecule has 0 heterocycles. The number of hydrogen-bond acceptors (Lipinski definition) is 3. The summed E-state index contributed by atoms with van der Waals surface area (Å²) in [5, 5.41) is 9.37. The minimum Gasteiger partial charge on any atom is -0.481 e. The standard InChI is InChI=1S/C12H13ClO4/c1-6(13)5-17-12(16)10-8-3-2-7(4-8)9(10)11(14)15/h2-3,7-10H,1,4-5H2,(H,14,15)/t7-,8+,9+,10-/m0/s1. The topological polar surface area (TPSA) is 63.6 Å². The molecule has 4 atom stereocenters. The van der Waals surface area contributed by atoms with Crippen LogP contribution in [0.4, 0.5) is 0 Å². The van der Waals surface area contributed by atoms with E-state index in [1.165, 1.54) is 0 Å². The number of carboxylic acid groups (broad SMARTS) is 1. The second kappa shape index (κ2) is 4.53. The Balaban J connectivity index is 2.08. The van der Waals surface area contributed by atoms with Gasteiger partial charge in [-0.25, -0.2) is 0 Å². The van der Waals surface area contributed by atoms with Crippen molar-refractivity contribution in [3.05, 3.63) is 23.8 Å². The predicted octanol–water partition coefficient (Wildman–Crippen LogP) is 1.80. The molecule has 1 saturated carbocycles. The first-order valence-corrected chi connectivity index (χ1v) is 5.79. The van der Waals surface area contributed by atoms with Gasteiger partial charge in [-0.2, -0.15) is 0 Å². The van der Waals surface area contributed by atoms with Crippen molar-refractivity contribution < 1.29 is 19.4 Å². The first kappa shape index (κ1) is 12.2. The number of carboxylic acids is 1. The van der Waals surface area contributed by atoms with Crippen molar-refractivity contribution in [2.45, 2.75) is 6.42 Å². The molecule has 2 aliphatic rings. The van der Waals surface area contributed by atoms with Crippen LogP contribution < -0.4 is 0 Å². The molecule has 4 nitrogen and oxygen atoms in total. The fourth-order valence-corrected chi connectivity index (χ4v) is 2.78. The summed E-state index contributed by atoms with van der Waals surface area (Å²) in [6.07, 6.45) is 4.51. The molecule has 0 aromatic heterocycles. The highest BCUT2D eigenvalue weighted by molar-refractivity contribution is 6.29. The Morgan fingerprint density at radius 1 is 1.35 bits per heavy atom. The predicted molar refractivity (Wildman–Crippen MR) is 61.3 cm³/mol. The zero-order valence-corrected chi connectivity index (χ0v) is 9.89. The van der Waals surface area contributed by atoms with Gasteiger partial charge in [-0.15, -0.1) is 0 Å². The second-order valence-corrected chi connectivity index (χ2v) is 5.00. The quantitative estimate of drug-likeness (QED) is 0.615. The van der Waals surface area contributed by atoms with E-state index in [0.29, 0.717) is 0 Å². The number of aliphatic carboxylic acids is 1.